The zero-order valence-electron chi connectivity index (χ0n) is 15.9. The number of halogens is 2. The summed E-state index contributed by atoms with van der Waals surface area (Å²) in [7, 11) is -3.87. The molecule has 7 heteroatoms. The van der Waals surface area contributed by atoms with Gasteiger partial charge in [0.15, 0.2) is 0 Å². The molecule has 0 unspecified atom stereocenters. The average molecular weight is 442 g/mol. The summed E-state index contributed by atoms with van der Waals surface area (Å²) in [6, 6.07) is 14.8. The van der Waals surface area contributed by atoms with Gasteiger partial charge in [0, 0.05) is 16.1 Å². The van der Waals surface area contributed by atoms with Crippen LogP contribution in [0.3, 0.4) is 0 Å². The zero-order valence-corrected chi connectivity index (χ0v) is 18.3. The Morgan fingerprint density at radius 2 is 1.71 bits per heavy atom. The van der Waals surface area contributed by atoms with E-state index in [1.54, 1.807) is 6.08 Å². The second kappa shape index (κ2) is 10.4. The molecule has 4 nitrogen and oxygen atoms in total. The highest BCUT2D eigenvalue weighted by molar-refractivity contribution is 7.89. The summed E-state index contributed by atoms with van der Waals surface area (Å²) in [6.45, 7) is 3.65. The highest BCUT2D eigenvalue weighted by atomic mass is 35.5. The highest BCUT2D eigenvalue weighted by Gasteiger charge is 2.32. The first-order valence-corrected chi connectivity index (χ1v) is 11.2. The Morgan fingerprint density at radius 3 is 2.25 bits per heavy atom. The van der Waals surface area contributed by atoms with Crippen LogP contribution in [-0.4, -0.2) is 37.0 Å². The van der Waals surface area contributed by atoms with E-state index in [9.17, 15) is 13.5 Å². The maximum Gasteiger partial charge on any atom is 0.243 e. The van der Waals surface area contributed by atoms with Crippen LogP contribution in [0.5, 0.6) is 0 Å². The van der Waals surface area contributed by atoms with Gasteiger partial charge in [0.05, 0.1) is 18.0 Å². The maximum absolute atomic E-state index is 13.3. The normalized spacial score (nSPS) is 13.9. The number of nitrogens with zero attached hydrogens (tertiary/aromatic N) is 1. The number of hydrogen-bond donors (Lipinski definition) is 1. The Kier molecular flexibility index (Phi) is 8.53. The first kappa shape index (κ1) is 22.9. The summed E-state index contributed by atoms with van der Waals surface area (Å²) in [5, 5.41) is 10.7. The molecule has 0 bridgehead atoms. The Bertz CT molecular complexity index is 882. The van der Waals surface area contributed by atoms with Crippen LogP contribution in [0.2, 0.25) is 5.02 Å². The summed E-state index contributed by atoms with van der Waals surface area (Å²) in [5.74, 6) is 0.206. The van der Waals surface area contributed by atoms with Gasteiger partial charge in [-0.3, -0.25) is 0 Å². The number of hydrogen-bond acceptors (Lipinski definition) is 3. The maximum atomic E-state index is 13.3. The molecule has 28 heavy (non-hydrogen) atoms. The van der Waals surface area contributed by atoms with Crippen LogP contribution in [-0.2, 0) is 10.0 Å². The molecule has 0 spiro atoms. The molecule has 0 heterocycles. The molecule has 0 amide bonds. The second-order valence-corrected chi connectivity index (χ2v) is 9.78. The molecule has 0 aliphatic carbocycles. The fourth-order valence-corrected chi connectivity index (χ4v) is 4.96. The van der Waals surface area contributed by atoms with Gasteiger partial charge in [-0.15, -0.1) is 0 Å². The van der Waals surface area contributed by atoms with E-state index in [0.29, 0.717) is 16.5 Å². The molecule has 0 aromatic heterocycles. The van der Waals surface area contributed by atoms with E-state index in [4.69, 9.17) is 23.2 Å². The summed E-state index contributed by atoms with van der Waals surface area (Å²) < 4.78 is 27.9. The van der Waals surface area contributed by atoms with Crippen LogP contribution >= 0.6 is 23.2 Å². The van der Waals surface area contributed by atoms with Crippen molar-refractivity contribution in [3.63, 3.8) is 0 Å². The number of sulfonamides is 1. The largest absolute Gasteiger partial charge is 0.395 e. The molecule has 0 aliphatic heterocycles. The lowest BCUT2D eigenvalue weighted by molar-refractivity contribution is 0.174. The Labute approximate surface area is 177 Å². The lowest BCUT2D eigenvalue weighted by atomic mass is 10.0. The number of benzene rings is 2. The van der Waals surface area contributed by atoms with Gasteiger partial charge >= 0.3 is 0 Å². The topological polar surface area (TPSA) is 57.6 Å². The van der Waals surface area contributed by atoms with Crippen molar-refractivity contribution >= 4 is 39.3 Å². The molecule has 0 fully saturated rings. The number of aliphatic hydroxyl groups is 1. The van der Waals surface area contributed by atoms with Gasteiger partial charge < -0.3 is 5.11 Å². The lowest BCUT2D eigenvalue weighted by Crippen LogP contribution is -2.43. The van der Waals surface area contributed by atoms with Gasteiger partial charge in [-0.25, -0.2) is 8.42 Å². The zero-order chi connectivity index (χ0) is 20.7. The van der Waals surface area contributed by atoms with Gasteiger partial charge in [0.1, 0.15) is 0 Å². The predicted octanol–water partition coefficient (Wildman–Crippen LogP) is 5.02. The summed E-state index contributed by atoms with van der Waals surface area (Å²) in [5.41, 5.74) is 0.876. The molecule has 152 valence electrons. The van der Waals surface area contributed by atoms with Crippen molar-refractivity contribution in [2.75, 3.05) is 13.2 Å². The van der Waals surface area contributed by atoms with Crippen LogP contribution in [0, 0.1) is 5.92 Å². The van der Waals surface area contributed by atoms with Gasteiger partial charge in [0.2, 0.25) is 10.0 Å². The quantitative estimate of drug-likeness (QED) is 0.594. The first-order chi connectivity index (χ1) is 13.2. The SMILES string of the molecule is CC(C)C[C@H](CO)N(CC(Cl)=Cc1ccccc1)S(=O)(=O)c1ccc(Cl)cc1. The molecule has 2 aromatic carbocycles. The van der Waals surface area contributed by atoms with Crippen molar-refractivity contribution in [3.05, 3.63) is 70.2 Å². The molecule has 0 saturated heterocycles. The van der Waals surface area contributed by atoms with Crippen LogP contribution in [0.15, 0.2) is 64.5 Å². The average Bonchev–Trinajstić information content (AvgIpc) is 2.65. The molecular weight excluding hydrogens is 417 g/mol. The van der Waals surface area contributed by atoms with E-state index < -0.39 is 16.1 Å². The minimum absolute atomic E-state index is 0.0284. The van der Waals surface area contributed by atoms with Crippen molar-refractivity contribution in [2.45, 2.75) is 31.2 Å². The smallest absolute Gasteiger partial charge is 0.243 e. The summed E-state index contributed by atoms with van der Waals surface area (Å²) in [6.07, 6.45) is 2.24. The molecule has 0 saturated carbocycles. The Balaban J connectivity index is 2.41. The molecule has 1 N–H and O–H groups in total. The van der Waals surface area contributed by atoms with E-state index in [-0.39, 0.29) is 24.0 Å². The molecule has 0 radical (unpaired) electrons. The highest BCUT2D eigenvalue weighted by Crippen LogP contribution is 2.25. The van der Waals surface area contributed by atoms with Gasteiger partial charge in [0.25, 0.3) is 0 Å². The number of rotatable bonds is 9. The Hall–Kier alpha value is -1.37. The third-order valence-electron chi connectivity index (χ3n) is 4.21. The third kappa shape index (κ3) is 6.33. The van der Waals surface area contributed by atoms with E-state index in [1.165, 1.54) is 28.6 Å². The van der Waals surface area contributed by atoms with Crippen molar-refractivity contribution in [3.8, 4) is 0 Å². The predicted molar refractivity (Wildman–Crippen MR) is 116 cm³/mol. The molecular formula is C21H25Cl2NO3S. The Morgan fingerprint density at radius 1 is 1.11 bits per heavy atom. The van der Waals surface area contributed by atoms with E-state index in [0.717, 1.165) is 5.56 Å². The van der Waals surface area contributed by atoms with Crippen molar-refractivity contribution in [2.24, 2.45) is 5.92 Å². The second-order valence-electron chi connectivity index (χ2n) is 6.97. The third-order valence-corrected chi connectivity index (χ3v) is 6.60. The fraction of sp³-hybridized carbons (Fsp3) is 0.333. The molecule has 1 atom stereocenters. The first-order valence-electron chi connectivity index (χ1n) is 9.03. The van der Waals surface area contributed by atoms with Crippen LogP contribution < -0.4 is 0 Å². The van der Waals surface area contributed by atoms with E-state index in [1.807, 2.05) is 44.2 Å². The van der Waals surface area contributed by atoms with Crippen molar-refractivity contribution < 1.29 is 13.5 Å². The molecule has 2 aromatic rings. The fourth-order valence-electron chi connectivity index (χ4n) is 2.90. The van der Waals surface area contributed by atoms with Gasteiger partial charge in [-0.05, 0) is 48.2 Å². The minimum Gasteiger partial charge on any atom is -0.395 e. The molecule has 2 rings (SSSR count). The monoisotopic (exact) mass is 441 g/mol. The lowest BCUT2D eigenvalue weighted by Gasteiger charge is -2.30. The van der Waals surface area contributed by atoms with Crippen LogP contribution in [0.4, 0.5) is 0 Å². The van der Waals surface area contributed by atoms with Crippen LogP contribution in [0.1, 0.15) is 25.8 Å². The number of aliphatic hydroxyl groups excluding tert-OH is 1. The van der Waals surface area contributed by atoms with Crippen LogP contribution in [0.25, 0.3) is 6.08 Å². The van der Waals surface area contributed by atoms with Gasteiger partial charge in [-0.2, -0.15) is 4.31 Å². The van der Waals surface area contributed by atoms with Crippen molar-refractivity contribution in [1.82, 2.24) is 4.31 Å². The summed E-state index contributed by atoms with van der Waals surface area (Å²) in [4.78, 5) is 0.114. The van der Waals surface area contributed by atoms with Crippen molar-refractivity contribution in [1.29, 1.82) is 0 Å². The summed E-state index contributed by atoms with van der Waals surface area (Å²) >= 11 is 12.3. The van der Waals surface area contributed by atoms with E-state index >= 15 is 0 Å². The van der Waals surface area contributed by atoms with Gasteiger partial charge in [-0.1, -0.05) is 67.4 Å². The van der Waals surface area contributed by atoms with E-state index in [2.05, 4.69) is 0 Å². The standard InChI is InChI=1S/C21H25Cl2NO3S/c1-16(2)12-20(15-25)24(14-19(23)13-17-6-4-3-5-7-17)28(26,27)21-10-8-18(22)9-11-21/h3-11,13,16,20,25H,12,14-15H2,1-2H3/t20-/m1/s1. The molecule has 0 aliphatic rings. The minimum atomic E-state index is -3.87.